The van der Waals surface area contributed by atoms with E-state index in [1.807, 2.05) is 30.3 Å². The summed E-state index contributed by atoms with van der Waals surface area (Å²) in [6.45, 7) is 0.590. The molecule has 2 heterocycles. The summed E-state index contributed by atoms with van der Waals surface area (Å²) in [7, 11) is 0. The Bertz CT molecular complexity index is 708. The molecular formula is C20H23FN2O2. The lowest BCUT2D eigenvalue weighted by Crippen LogP contribution is -2.41. The molecule has 2 atom stereocenters. The molecule has 4 nitrogen and oxygen atoms in total. The number of hydrogen-bond donors (Lipinski definition) is 1. The van der Waals surface area contributed by atoms with Crippen LogP contribution in [0.3, 0.4) is 0 Å². The van der Waals surface area contributed by atoms with Crippen molar-refractivity contribution in [2.45, 2.75) is 44.2 Å². The lowest BCUT2D eigenvalue weighted by atomic mass is 9.97. The normalized spacial score (nSPS) is 19.3. The van der Waals surface area contributed by atoms with Gasteiger partial charge in [-0.05, 0) is 30.9 Å². The van der Waals surface area contributed by atoms with Crippen molar-refractivity contribution in [1.29, 1.82) is 0 Å². The van der Waals surface area contributed by atoms with E-state index in [0.717, 1.165) is 37.4 Å². The van der Waals surface area contributed by atoms with Gasteiger partial charge in [0, 0.05) is 18.8 Å². The van der Waals surface area contributed by atoms with E-state index in [0.29, 0.717) is 13.0 Å². The standard InChI is InChI=1S/C20H23FN2O2/c21-18-14-22-11-10-17(18)20(25)23-12-6-2-5-9-16(23)13-19(24)15-7-3-1-4-8-15/h1,3-4,7-8,10-11,14,16,19,24H,2,5-6,9,12-13H2. The van der Waals surface area contributed by atoms with Crippen LogP contribution in [0, 0.1) is 5.82 Å². The van der Waals surface area contributed by atoms with Crippen molar-refractivity contribution in [3.05, 3.63) is 65.7 Å². The largest absolute Gasteiger partial charge is 0.388 e. The molecule has 1 N–H and O–H groups in total. The quantitative estimate of drug-likeness (QED) is 0.921. The Balaban J connectivity index is 1.80. The molecule has 1 aromatic carbocycles. The molecule has 5 heteroatoms. The van der Waals surface area contributed by atoms with Gasteiger partial charge in [0.1, 0.15) is 0 Å². The second kappa shape index (κ2) is 8.21. The van der Waals surface area contributed by atoms with Crippen LogP contribution in [-0.2, 0) is 0 Å². The molecule has 1 aliphatic heterocycles. The Morgan fingerprint density at radius 2 is 2.04 bits per heavy atom. The van der Waals surface area contributed by atoms with Gasteiger partial charge >= 0.3 is 0 Å². The minimum Gasteiger partial charge on any atom is -0.388 e. The number of pyridine rings is 1. The zero-order valence-corrected chi connectivity index (χ0v) is 14.1. The molecule has 0 aliphatic carbocycles. The lowest BCUT2D eigenvalue weighted by Gasteiger charge is -2.32. The van der Waals surface area contributed by atoms with Gasteiger partial charge in [-0.3, -0.25) is 9.78 Å². The van der Waals surface area contributed by atoms with Gasteiger partial charge in [0.15, 0.2) is 5.82 Å². The van der Waals surface area contributed by atoms with Crippen molar-refractivity contribution >= 4 is 5.91 Å². The number of aliphatic hydroxyl groups excluding tert-OH is 1. The van der Waals surface area contributed by atoms with Crippen molar-refractivity contribution in [1.82, 2.24) is 9.88 Å². The van der Waals surface area contributed by atoms with Crippen LogP contribution in [0.1, 0.15) is 54.1 Å². The third-order valence-corrected chi connectivity index (χ3v) is 4.82. The number of rotatable bonds is 4. The topological polar surface area (TPSA) is 53.4 Å². The smallest absolute Gasteiger partial charge is 0.257 e. The fourth-order valence-electron chi connectivity index (χ4n) is 3.46. The molecule has 0 saturated carbocycles. The summed E-state index contributed by atoms with van der Waals surface area (Å²) >= 11 is 0. The summed E-state index contributed by atoms with van der Waals surface area (Å²) in [4.78, 5) is 18.3. The molecule has 3 rings (SSSR count). The van der Waals surface area contributed by atoms with Gasteiger partial charge in [-0.2, -0.15) is 0 Å². The summed E-state index contributed by atoms with van der Waals surface area (Å²) in [6, 6.07) is 10.8. The Hall–Kier alpha value is -2.27. The summed E-state index contributed by atoms with van der Waals surface area (Å²) < 4.78 is 14.0. The van der Waals surface area contributed by atoms with Crippen LogP contribution in [0.25, 0.3) is 0 Å². The minimum atomic E-state index is -0.637. The first kappa shape index (κ1) is 17.5. The van der Waals surface area contributed by atoms with E-state index < -0.39 is 11.9 Å². The molecule has 1 fully saturated rings. The highest BCUT2D eigenvalue weighted by Crippen LogP contribution is 2.27. The van der Waals surface area contributed by atoms with Crippen LogP contribution in [0.4, 0.5) is 4.39 Å². The van der Waals surface area contributed by atoms with E-state index in [9.17, 15) is 14.3 Å². The third kappa shape index (κ3) is 4.23. The molecule has 1 aromatic heterocycles. The van der Waals surface area contributed by atoms with Gasteiger partial charge in [-0.1, -0.05) is 43.2 Å². The van der Waals surface area contributed by atoms with E-state index in [1.165, 1.54) is 12.3 Å². The number of aliphatic hydroxyl groups is 1. The number of carbonyl (C=O) groups excluding carboxylic acids is 1. The highest BCUT2D eigenvalue weighted by molar-refractivity contribution is 5.94. The Kier molecular flexibility index (Phi) is 5.76. The maximum absolute atomic E-state index is 14.0. The van der Waals surface area contributed by atoms with Crippen molar-refractivity contribution in [2.75, 3.05) is 6.54 Å². The van der Waals surface area contributed by atoms with E-state index in [4.69, 9.17) is 0 Å². The highest BCUT2D eigenvalue weighted by Gasteiger charge is 2.29. The molecular weight excluding hydrogens is 319 g/mol. The average molecular weight is 342 g/mol. The van der Waals surface area contributed by atoms with Crippen LogP contribution in [-0.4, -0.2) is 33.5 Å². The van der Waals surface area contributed by atoms with Crippen LogP contribution < -0.4 is 0 Å². The molecule has 1 aliphatic rings. The van der Waals surface area contributed by atoms with E-state index >= 15 is 0 Å². The number of aromatic nitrogens is 1. The molecule has 0 spiro atoms. The second-order valence-electron chi connectivity index (χ2n) is 6.52. The Morgan fingerprint density at radius 3 is 2.80 bits per heavy atom. The van der Waals surface area contributed by atoms with Crippen molar-refractivity contribution < 1.29 is 14.3 Å². The van der Waals surface area contributed by atoms with E-state index in [1.54, 1.807) is 4.90 Å². The number of carbonyl (C=O) groups is 1. The summed E-state index contributed by atoms with van der Waals surface area (Å²) in [5.74, 6) is -0.911. The summed E-state index contributed by atoms with van der Waals surface area (Å²) in [5, 5.41) is 10.6. The van der Waals surface area contributed by atoms with E-state index in [-0.39, 0.29) is 17.5 Å². The molecule has 2 aromatic rings. The summed E-state index contributed by atoms with van der Waals surface area (Å²) in [6.07, 6.45) is 6.10. The second-order valence-corrected chi connectivity index (χ2v) is 6.52. The molecule has 2 unspecified atom stereocenters. The first-order valence-corrected chi connectivity index (χ1v) is 8.80. The predicted octanol–water partition coefficient (Wildman–Crippen LogP) is 3.73. The molecule has 0 radical (unpaired) electrons. The van der Waals surface area contributed by atoms with Gasteiger partial charge in [0.2, 0.25) is 0 Å². The minimum absolute atomic E-state index is 0.0519. The Labute approximate surface area is 147 Å². The number of halogens is 1. The first-order chi connectivity index (χ1) is 12.2. The number of benzene rings is 1. The molecule has 132 valence electrons. The van der Waals surface area contributed by atoms with Gasteiger partial charge in [-0.25, -0.2) is 4.39 Å². The van der Waals surface area contributed by atoms with Crippen molar-refractivity contribution in [3.8, 4) is 0 Å². The Morgan fingerprint density at radius 1 is 1.24 bits per heavy atom. The molecule has 0 bridgehead atoms. The summed E-state index contributed by atoms with van der Waals surface area (Å²) in [5.41, 5.74) is 0.894. The zero-order valence-electron chi connectivity index (χ0n) is 14.1. The number of amides is 1. The maximum Gasteiger partial charge on any atom is 0.257 e. The zero-order chi connectivity index (χ0) is 17.6. The van der Waals surface area contributed by atoms with Crippen LogP contribution in [0.15, 0.2) is 48.8 Å². The number of hydrogen-bond acceptors (Lipinski definition) is 3. The molecule has 1 amide bonds. The number of likely N-dealkylation sites (tertiary alicyclic amines) is 1. The highest BCUT2D eigenvalue weighted by atomic mass is 19.1. The third-order valence-electron chi connectivity index (χ3n) is 4.82. The van der Waals surface area contributed by atoms with Gasteiger partial charge in [-0.15, -0.1) is 0 Å². The van der Waals surface area contributed by atoms with Gasteiger partial charge in [0.25, 0.3) is 5.91 Å². The monoisotopic (exact) mass is 342 g/mol. The van der Waals surface area contributed by atoms with Gasteiger partial charge < -0.3 is 10.0 Å². The van der Waals surface area contributed by atoms with Gasteiger partial charge in [0.05, 0.1) is 17.9 Å². The molecule has 25 heavy (non-hydrogen) atoms. The van der Waals surface area contributed by atoms with Crippen molar-refractivity contribution in [3.63, 3.8) is 0 Å². The van der Waals surface area contributed by atoms with Crippen LogP contribution >= 0.6 is 0 Å². The SMILES string of the molecule is O=C(c1ccncc1F)N1CCCCCC1CC(O)c1ccccc1. The van der Waals surface area contributed by atoms with E-state index in [2.05, 4.69) is 4.98 Å². The average Bonchev–Trinajstić information content (AvgIpc) is 2.88. The fraction of sp³-hybridized carbons (Fsp3) is 0.400. The molecule has 1 saturated heterocycles. The number of nitrogens with zero attached hydrogens (tertiary/aromatic N) is 2. The van der Waals surface area contributed by atoms with Crippen LogP contribution in [0.2, 0.25) is 0 Å². The van der Waals surface area contributed by atoms with Crippen molar-refractivity contribution in [2.24, 2.45) is 0 Å². The lowest BCUT2D eigenvalue weighted by molar-refractivity contribution is 0.0583. The fourth-order valence-corrected chi connectivity index (χ4v) is 3.46. The van der Waals surface area contributed by atoms with Crippen LogP contribution in [0.5, 0.6) is 0 Å². The maximum atomic E-state index is 14.0. The predicted molar refractivity (Wildman–Crippen MR) is 93.5 cm³/mol. The first-order valence-electron chi connectivity index (χ1n) is 8.80.